The molecule has 35 heavy (non-hydrogen) atoms. The third-order valence-corrected chi connectivity index (χ3v) is 6.50. The first-order valence-corrected chi connectivity index (χ1v) is 11.5. The van der Waals surface area contributed by atoms with E-state index in [4.69, 9.17) is 14.5 Å². The lowest BCUT2D eigenvalue weighted by atomic mass is 9.99. The molecule has 3 aromatic rings. The van der Waals surface area contributed by atoms with Crippen molar-refractivity contribution in [1.29, 1.82) is 0 Å². The van der Waals surface area contributed by atoms with Gasteiger partial charge in [-0.1, -0.05) is 0 Å². The van der Waals surface area contributed by atoms with Crippen molar-refractivity contribution in [3.05, 3.63) is 36.3 Å². The number of anilines is 1. The van der Waals surface area contributed by atoms with Crippen LogP contribution in [-0.2, 0) is 16.1 Å². The summed E-state index contributed by atoms with van der Waals surface area (Å²) in [7, 11) is 4.82. The molecule has 11 heteroatoms. The van der Waals surface area contributed by atoms with Gasteiger partial charge in [0.2, 0.25) is 5.91 Å². The van der Waals surface area contributed by atoms with Gasteiger partial charge in [0.15, 0.2) is 0 Å². The van der Waals surface area contributed by atoms with Gasteiger partial charge in [-0.25, -0.2) is 19.7 Å². The molecule has 182 valence electrons. The summed E-state index contributed by atoms with van der Waals surface area (Å²) in [6, 6.07) is 3.91. The van der Waals surface area contributed by atoms with Crippen molar-refractivity contribution in [1.82, 2.24) is 29.7 Å². The Bertz CT molecular complexity index is 1260. The molecule has 0 unspecified atom stereocenters. The first kappa shape index (κ1) is 22.9. The van der Waals surface area contributed by atoms with Crippen molar-refractivity contribution in [3.63, 3.8) is 0 Å². The maximum absolute atomic E-state index is 13.4. The molecule has 3 aromatic heterocycles. The zero-order valence-corrected chi connectivity index (χ0v) is 20.0. The molecule has 0 bridgehead atoms. The number of methoxy groups -OCH3 is 2. The Kier molecular flexibility index (Phi) is 6.16. The van der Waals surface area contributed by atoms with Crippen LogP contribution in [0.1, 0.15) is 18.4 Å². The maximum atomic E-state index is 13.4. The number of pyridine rings is 2. The molecule has 0 spiro atoms. The van der Waals surface area contributed by atoms with E-state index in [0.29, 0.717) is 49.2 Å². The Morgan fingerprint density at radius 2 is 1.83 bits per heavy atom. The van der Waals surface area contributed by atoms with Crippen LogP contribution >= 0.6 is 0 Å². The Morgan fingerprint density at radius 1 is 1.09 bits per heavy atom. The van der Waals surface area contributed by atoms with E-state index in [9.17, 15) is 9.59 Å². The fourth-order valence-electron chi connectivity index (χ4n) is 4.72. The Balaban J connectivity index is 1.53. The maximum Gasteiger partial charge on any atom is 0.324 e. The second-order valence-electron chi connectivity index (χ2n) is 8.71. The number of carbonyl (C=O) groups is 2. The van der Waals surface area contributed by atoms with Crippen LogP contribution in [0.3, 0.4) is 0 Å². The number of hydrogen-bond acceptors (Lipinski definition) is 8. The van der Waals surface area contributed by atoms with Gasteiger partial charge in [-0.05, 0) is 25.0 Å². The van der Waals surface area contributed by atoms with Gasteiger partial charge in [-0.3, -0.25) is 14.7 Å². The predicted molar refractivity (Wildman–Crippen MR) is 128 cm³/mol. The number of carbonyl (C=O) groups excluding carboxylic acids is 2. The highest BCUT2D eigenvalue weighted by atomic mass is 16.5. The summed E-state index contributed by atoms with van der Waals surface area (Å²) in [5, 5.41) is 0. The van der Waals surface area contributed by atoms with Crippen LogP contribution in [0.15, 0.2) is 30.7 Å². The van der Waals surface area contributed by atoms with E-state index in [1.54, 1.807) is 29.2 Å². The summed E-state index contributed by atoms with van der Waals surface area (Å²) < 4.78 is 10.0. The van der Waals surface area contributed by atoms with Gasteiger partial charge in [0.1, 0.15) is 12.1 Å². The molecule has 2 aliphatic rings. The van der Waals surface area contributed by atoms with E-state index in [1.165, 1.54) is 14.2 Å². The molecule has 1 fully saturated rings. The highest BCUT2D eigenvalue weighted by Gasteiger charge is 2.37. The van der Waals surface area contributed by atoms with Gasteiger partial charge in [0.25, 0.3) is 0 Å². The number of rotatable bonds is 5. The number of fused-ring (bicyclic) bond motifs is 3. The number of nitrogens with zero attached hydrogens (tertiary/aromatic N) is 7. The van der Waals surface area contributed by atoms with Crippen LogP contribution in [0.25, 0.3) is 22.3 Å². The van der Waals surface area contributed by atoms with Gasteiger partial charge in [-0.2, -0.15) is 0 Å². The number of likely N-dealkylation sites (tertiary alicyclic amines) is 1. The van der Waals surface area contributed by atoms with E-state index in [1.807, 2.05) is 23.2 Å². The summed E-state index contributed by atoms with van der Waals surface area (Å²) >= 11 is 0. The van der Waals surface area contributed by atoms with Crippen LogP contribution < -0.4 is 9.64 Å². The minimum atomic E-state index is -0.0772. The predicted octanol–water partition coefficient (Wildman–Crippen LogP) is 2.10. The standard InChI is InChI=1S/C24H27N7O4/c1-29-13-16-12-25-19-5-4-18(15-10-26-23(35-3)27-11-15)28-21(19)22(16)31(24(29)33)17-6-8-30(9-7-17)20(32)14-34-2/h4-5,10-12,17H,6-9,13-14H2,1-3H3. The largest absolute Gasteiger partial charge is 0.467 e. The van der Waals surface area contributed by atoms with Gasteiger partial charge < -0.3 is 19.3 Å². The van der Waals surface area contributed by atoms with Crippen molar-refractivity contribution >= 4 is 28.7 Å². The van der Waals surface area contributed by atoms with E-state index < -0.39 is 0 Å². The molecule has 11 nitrogen and oxygen atoms in total. The van der Waals surface area contributed by atoms with Crippen LogP contribution in [-0.4, -0.2) is 88.7 Å². The minimum absolute atomic E-state index is 0.0314. The van der Waals surface area contributed by atoms with E-state index >= 15 is 0 Å². The zero-order valence-electron chi connectivity index (χ0n) is 20.0. The van der Waals surface area contributed by atoms with E-state index in [0.717, 1.165) is 16.8 Å². The number of ether oxygens (including phenoxy) is 2. The molecule has 2 aliphatic heterocycles. The van der Waals surface area contributed by atoms with Crippen molar-refractivity contribution in [2.24, 2.45) is 0 Å². The Hall–Kier alpha value is -3.86. The first-order chi connectivity index (χ1) is 17.0. The van der Waals surface area contributed by atoms with Crippen molar-refractivity contribution in [2.45, 2.75) is 25.4 Å². The number of aromatic nitrogens is 4. The third-order valence-electron chi connectivity index (χ3n) is 6.50. The van der Waals surface area contributed by atoms with Gasteiger partial charge in [0, 0.05) is 63.0 Å². The number of hydrogen-bond donors (Lipinski definition) is 0. The lowest BCUT2D eigenvalue weighted by Crippen LogP contribution is -2.54. The molecule has 0 radical (unpaired) electrons. The molecule has 0 saturated carbocycles. The van der Waals surface area contributed by atoms with Crippen molar-refractivity contribution < 1.29 is 19.1 Å². The number of amides is 3. The van der Waals surface area contributed by atoms with Crippen LogP contribution in [0.4, 0.5) is 10.5 Å². The monoisotopic (exact) mass is 477 g/mol. The molecule has 3 amide bonds. The highest BCUT2D eigenvalue weighted by Crippen LogP contribution is 2.37. The average molecular weight is 478 g/mol. The zero-order chi connectivity index (χ0) is 24.5. The summed E-state index contributed by atoms with van der Waals surface area (Å²) in [5.74, 6) is -0.0314. The molecule has 0 atom stereocenters. The smallest absolute Gasteiger partial charge is 0.324 e. The molecule has 0 N–H and O–H groups in total. The average Bonchev–Trinajstić information content (AvgIpc) is 2.89. The number of piperidine rings is 1. The quantitative estimate of drug-likeness (QED) is 0.549. The summed E-state index contributed by atoms with van der Waals surface area (Å²) in [5.41, 5.74) is 4.51. The van der Waals surface area contributed by atoms with Crippen LogP contribution in [0.2, 0.25) is 0 Å². The molecule has 0 aliphatic carbocycles. The molecule has 5 rings (SSSR count). The number of urea groups is 1. The Labute approximate surface area is 202 Å². The molecular weight excluding hydrogens is 450 g/mol. The summed E-state index contributed by atoms with van der Waals surface area (Å²) in [6.07, 6.45) is 6.48. The summed E-state index contributed by atoms with van der Waals surface area (Å²) in [4.78, 5) is 48.9. The Morgan fingerprint density at radius 3 is 2.51 bits per heavy atom. The normalized spacial score (nSPS) is 16.5. The SMILES string of the molecule is COCC(=O)N1CCC(N2C(=O)N(C)Cc3cnc4ccc(-c5cnc(OC)nc5)nc4c32)CC1. The fourth-order valence-corrected chi connectivity index (χ4v) is 4.72. The van der Waals surface area contributed by atoms with E-state index in [2.05, 4.69) is 15.0 Å². The third kappa shape index (κ3) is 4.23. The lowest BCUT2D eigenvalue weighted by molar-refractivity contribution is -0.136. The van der Waals surface area contributed by atoms with E-state index in [-0.39, 0.29) is 30.6 Å². The van der Waals surface area contributed by atoms with Crippen LogP contribution in [0, 0.1) is 0 Å². The summed E-state index contributed by atoms with van der Waals surface area (Å²) in [6.45, 7) is 1.66. The second-order valence-corrected chi connectivity index (χ2v) is 8.71. The molecule has 0 aromatic carbocycles. The highest BCUT2D eigenvalue weighted by molar-refractivity contribution is 6.04. The first-order valence-electron chi connectivity index (χ1n) is 11.5. The van der Waals surface area contributed by atoms with Gasteiger partial charge >= 0.3 is 12.0 Å². The van der Waals surface area contributed by atoms with Crippen LogP contribution in [0.5, 0.6) is 6.01 Å². The second kappa shape index (κ2) is 9.41. The van der Waals surface area contributed by atoms with Crippen molar-refractivity contribution in [2.75, 3.05) is 45.9 Å². The van der Waals surface area contributed by atoms with Crippen molar-refractivity contribution in [3.8, 4) is 17.3 Å². The topological polar surface area (TPSA) is 114 Å². The minimum Gasteiger partial charge on any atom is -0.467 e. The molecular formula is C24H27N7O4. The molecule has 1 saturated heterocycles. The van der Waals surface area contributed by atoms with Gasteiger partial charge in [-0.15, -0.1) is 0 Å². The van der Waals surface area contributed by atoms with Gasteiger partial charge in [0.05, 0.1) is 30.6 Å². The fraction of sp³-hybridized carbons (Fsp3) is 0.417. The lowest BCUT2D eigenvalue weighted by Gasteiger charge is -2.43. The molecule has 5 heterocycles.